The van der Waals surface area contributed by atoms with Gasteiger partial charge in [0.05, 0.1) is 19.1 Å². The van der Waals surface area contributed by atoms with Gasteiger partial charge in [-0.2, -0.15) is 0 Å². The largest absolute Gasteiger partial charge is 0.466 e. The van der Waals surface area contributed by atoms with Crippen molar-refractivity contribution in [3.05, 3.63) is 58.7 Å². The van der Waals surface area contributed by atoms with E-state index in [0.717, 1.165) is 22.8 Å². The Kier molecular flexibility index (Phi) is 10.8. The van der Waals surface area contributed by atoms with E-state index in [2.05, 4.69) is 10.6 Å². The van der Waals surface area contributed by atoms with Crippen molar-refractivity contribution in [1.82, 2.24) is 10.6 Å². The molecule has 7 nitrogen and oxygen atoms in total. The topological polar surface area (TPSA) is 93.7 Å². The standard InChI is InChI=1S/C29H38F2N2O5.H2/c1-8-11-22(33-28(36)38-29(5,6)7)27(35)32-23(16-24(34)37-9-2)20-14-19(15-21(30)26(20)31)25-17(3)12-10-13-18(25)4;/h10,12-15,22-23H,8-9,11,16H2,1-7H3,(H,32,35)(H,33,36);1H/t22-,23-;/m0./s1. The molecule has 2 amide bonds. The van der Waals surface area contributed by atoms with Gasteiger partial charge in [0.2, 0.25) is 5.91 Å². The van der Waals surface area contributed by atoms with Crippen LogP contribution >= 0.6 is 0 Å². The van der Waals surface area contributed by atoms with Crippen LogP contribution in [0, 0.1) is 25.5 Å². The van der Waals surface area contributed by atoms with Crippen LogP contribution in [-0.4, -0.2) is 36.2 Å². The molecular weight excluding hydrogens is 494 g/mol. The number of rotatable bonds is 10. The van der Waals surface area contributed by atoms with Crippen molar-refractivity contribution in [2.45, 2.75) is 85.4 Å². The minimum atomic E-state index is -1.25. The Bertz CT molecular complexity index is 1150. The number of carbonyl (C=O) groups is 3. The van der Waals surface area contributed by atoms with Crippen LogP contribution in [-0.2, 0) is 19.1 Å². The van der Waals surface area contributed by atoms with Gasteiger partial charge in [-0.3, -0.25) is 9.59 Å². The Morgan fingerprint density at radius 3 is 2.21 bits per heavy atom. The van der Waals surface area contributed by atoms with Gasteiger partial charge in [-0.15, -0.1) is 0 Å². The third-order valence-electron chi connectivity index (χ3n) is 5.78. The Balaban J connectivity index is 0.00000760. The summed E-state index contributed by atoms with van der Waals surface area (Å²) in [5.41, 5.74) is 1.88. The third kappa shape index (κ3) is 8.53. The van der Waals surface area contributed by atoms with E-state index in [1.54, 1.807) is 27.7 Å². The first kappa shape index (κ1) is 30.7. The van der Waals surface area contributed by atoms with E-state index in [4.69, 9.17) is 9.47 Å². The highest BCUT2D eigenvalue weighted by molar-refractivity contribution is 5.86. The molecule has 2 N–H and O–H groups in total. The first-order chi connectivity index (χ1) is 17.8. The average molecular weight is 535 g/mol. The minimum Gasteiger partial charge on any atom is -0.466 e. The van der Waals surface area contributed by atoms with Crippen LogP contribution in [0.4, 0.5) is 13.6 Å². The number of carbonyl (C=O) groups excluding carboxylic acids is 3. The summed E-state index contributed by atoms with van der Waals surface area (Å²) >= 11 is 0. The molecule has 210 valence electrons. The number of esters is 1. The Hall–Kier alpha value is -3.49. The fraction of sp³-hybridized carbons (Fsp3) is 0.483. The van der Waals surface area contributed by atoms with Crippen LogP contribution in [0.25, 0.3) is 11.1 Å². The van der Waals surface area contributed by atoms with E-state index in [1.165, 1.54) is 6.07 Å². The van der Waals surface area contributed by atoms with Crippen molar-refractivity contribution in [3.8, 4) is 11.1 Å². The van der Waals surface area contributed by atoms with E-state index >= 15 is 4.39 Å². The molecule has 0 unspecified atom stereocenters. The van der Waals surface area contributed by atoms with E-state index in [0.29, 0.717) is 12.0 Å². The predicted molar refractivity (Wildman–Crippen MR) is 144 cm³/mol. The molecule has 2 rings (SSSR count). The lowest BCUT2D eigenvalue weighted by Gasteiger charge is -2.26. The summed E-state index contributed by atoms with van der Waals surface area (Å²) in [5, 5.41) is 5.17. The highest BCUT2D eigenvalue weighted by Crippen LogP contribution is 2.33. The molecule has 2 atom stereocenters. The van der Waals surface area contributed by atoms with Gasteiger partial charge in [0, 0.05) is 6.99 Å². The maximum absolute atomic E-state index is 15.2. The van der Waals surface area contributed by atoms with Crippen LogP contribution in [0.1, 0.15) is 78.0 Å². The minimum absolute atomic E-state index is 0. The van der Waals surface area contributed by atoms with Gasteiger partial charge in [-0.05, 0) is 82.3 Å². The summed E-state index contributed by atoms with van der Waals surface area (Å²) in [5.74, 6) is -3.64. The SMILES string of the molecule is CCC[C@H](NC(=O)OC(C)(C)C)C(=O)N[C@@H](CC(=O)OCC)c1cc(-c2c(C)cccc2C)cc(F)c1F.[HH]. The number of nitrogens with one attached hydrogen (secondary N) is 2. The van der Waals surface area contributed by atoms with Gasteiger partial charge in [0.15, 0.2) is 11.6 Å². The summed E-state index contributed by atoms with van der Waals surface area (Å²) < 4.78 is 40.4. The van der Waals surface area contributed by atoms with Crippen molar-refractivity contribution in [2.24, 2.45) is 0 Å². The zero-order valence-electron chi connectivity index (χ0n) is 23.2. The summed E-state index contributed by atoms with van der Waals surface area (Å²) in [7, 11) is 0. The smallest absolute Gasteiger partial charge is 0.408 e. The fourth-order valence-electron chi connectivity index (χ4n) is 4.18. The zero-order chi connectivity index (χ0) is 28.6. The van der Waals surface area contributed by atoms with Crippen LogP contribution in [0.15, 0.2) is 30.3 Å². The van der Waals surface area contributed by atoms with Gasteiger partial charge in [-0.25, -0.2) is 13.6 Å². The number of hydrogen-bond donors (Lipinski definition) is 2. The number of amides is 2. The van der Waals surface area contributed by atoms with Crippen LogP contribution in [0.2, 0.25) is 0 Å². The Morgan fingerprint density at radius 1 is 1.03 bits per heavy atom. The highest BCUT2D eigenvalue weighted by Gasteiger charge is 2.30. The molecule has 0 fully saturated rings. The van der Waals surface area contributed by atoms with Crippen molar-refractivity contribution >= 4 is 18.0 Å². The molecule has 0 aliphatic rings. The molecule has 0 radical (unpaired) electrons. The molecule has 0 heterocycles. The fourth-order valence-corrected chi connectivity index (χ4v) is 4.18. The molecule has 2 aromatic rings. The Labute approximate surface area is 224 Å². The van der Waals surface area contributed by atoms with E-state index in [1.807, 2.05) is 39.0 Å². The second kappa shape index (κ2) is 13.3. The molecule has 2 aromatic carbocycles. The second-order valence-electron chi connectivity index (χ2n) is 10.2. The summed E-state index contributed by atoms with van der Waals surface area (Å²) in [6.07, 6.45) is -0.419. The van der Waals surface area contributed by atoms with Crippen molar-refractivity contribution in [2.75, 3.05) is 6.61 Å². The first-order valence-electron chi connectivity index (χ1n) is 12.8. The number of alkyl carbamates (subject to hydrolysis) is 1. The summed E-state index contributed by atoms with van der Waals surface area (Å²) in [4.78, 5) is 38.0. The van der Waals surface area contributed by atoms with Crippen molar-refractivity contribution in [1.29, 1.82) is 0 Å². The molecule has 0 saturated carbocycles. The number of aryl methyl sites for hydroxylation is 2. The average Bonchev–Trinajstić information content (AvgIpc) is 2.79. The molecule has 0 spiro atoms. The van der Waals surface area contributed by atoms with E-state index in [-0.39, 0.29) is 20.0 Å². The molecule has 0 saturated heterocycles. The molecule has 38 heavy (non-hydrogen) atoms. The van der Waals surface area contributed by atoms with Gasteiger partial charge in [0.1, 0.15) is 11.6 Å². The normalized spacial score (nSPS) is 12.9. The second-order valence-corrected chi connectivity index (χ2v) is 10.2. The van der Waals surface area contributed by atoms with Crippen molar-refractivity contribution < 1.29 is 34.1 Å². The molecule has 0 aliphatic carbocycles. The quantitative estimate of drug-likeness (QED) is 0.349. The van der Waals surface area contributed by atoms with Crippen LogP contribution < -0.4 is 10.6 Å². The van der Waals surface area contributed by atoms with Crippen LogP contribution in [0.3, 0.4) is 0 Å². The van der Waals surface area contributed by atoms with E-state index in [9.17, 15) is 18.8 Å². The molecule has 0 bridgehead atoms. The predicted octanol–water partition coefficient (Wildman–Crippen LogP) is 6.30. The van der Waals surface area contributed by atoms with Gasteiger partial charge < -0.3 is 20.1 Å². The highest BCUT2D eigenvalue weighted by atomic mass is 19.2. The number of ether oxygens (including phenoxy) is 2. The lowest BCUT2D eigenvalue weighted by molar-refractivity contribution is -0.144. The number of hydrogen-bond acceptors (Lipinski definition) is 5. The molecular formula is C29H40F2N2O5. The number of benzene rings is 2. The van der Waals surface area contributed by atoms with Gasteiger partial charge in [-0.1, -0.05) is 31.5 Å². The van der Waals surface area contributed by atoms with Crippen molar-refractivity contribution in [3.63, 3.8) is 0 Å². The third-order valence-corrected chi connectivity index (χ3v) is 5.78. The molecule has 0 aromatic heterocycles. The zero-order valence-corrected chi connectivity index (χ0v) is 23.2. The lowest BCUT2D eigenvalue weighted by atomic mass is 9.92. The molecule has 9 heteroatoms. The maximum atomic E-state index is 15.2. The van der Waals surface area contributed by atoms with Gasteiger partial charge in [0.25, 0.3) is 0 Å². The maximum Gasteiger partial charge on any atom is 0.408 e. The van der Waals surface area contributed by atoms with Gasteiger partial charge >= 0.3 is 12.1 Å². The van der Waals surface area contributed by atoms with Crippen LogP contribution in [0.5, 0.6) is 0 Å². The first-order valence-corrected chi connectivity index (χ1v) is 12.8. The monoisotopic (exact) mass is 534 g/mol. The van der Waals surface area contributed by atoms with E-state index < -0.39 is 53.7 Å². The Morgan fingerprint density at radius 2 is 1.66 bits per heavy atom. The molecule has 0 aliphatic heterocycles. The number of halogens is 2. The summed E-state index contributed by atoms with van der Waals surface area (Å²) in [6, 6.07) is 5.85. The summed E-state index contributed by atoms with van der Waals surface area (Å²) in [6.45, 7) is 12.3. The lowest BCUT2D eigenvalue weighted by Crippen LogP contribution is -2.49.